The van der Waals surface area contributed by atoms with Crippen molar-refractivity contribution >= 4 is 0 Å². The molecule has 16 heavy (non-hydrogen) atoms. The summed E-state index contributed by atoms with van der Waals surface area (Å²) in [5, 5.41) is 9.50. The second kappa shape index (κ2) is 5.48. The summed E-state index contributed by atoms with van der Waals surface area (Å²) in [7, 11) is 0. The van der Waals surface area contributed by atoms with Gasteiger partial charge in [0.05, 0.1) is 6.10 Å². The SMILES string of the molecule is NCC1(CN2CCC(O)CC2)CCCCC1. The Kier molecular flexibility index (Phi) is 4.22. The molecule has 0 spiro atoms. The summed E-state index contributed by atoms with van der Waals surface area (Å²) in [6.07, 6.45) is 8.55. The lowest BCUT2D eigenvalue weighted by atomic mass is 9.73. The summed E-state index contributed by atoms with van der Waals surface area (Å²) in [6, 6.07) is 0. The highest BCUT2D eigenvalue weighted by Gasteiger charge is 2.33. The third kappa shape index (κ3) is 2.96. The second-order valence-electron chi connectivity index (χ2n) is 5.77. The van der Waals surface area contributed by atoms with E-state index < -0.39 is 0 Å². The molecule has 1 aliphatic heterocycles. The molecule has 1 saturated carbocycles. The number of likely N-dealkylation sites (tertiary alicyclic amines) is 1. The minimum Gasteiger partial charge on any atom is -0.393 e. The molecule has 3 heteroatoms. The largest absolute Gasteiger partial charge is 0.393 e. The zero-order chi connectivity index (χ0) is 11.4. The van der Waals surface area contributed by atoms with Gasteiger partial charge in [-0.25, -0.2) is 0 Å². The van der Waals surface area contributed by atoms with Crippen molar-refractivity contribution in [3.05, 3.63) is 0 Å². The van der Waals surface area contributed by atoms with Crippen LogP contribution in [0.1, 0.15) is 44.9 Å². The van der Waals surface area contributed by atoms with Crippen molar-refractivity contribution in [2.75, 3.05) is 26.2 Å². The zero-order valence-electron chi connectivity index (χ0n) is 10.3. The molecule has 2 rings (SSSR count). The van der Waals surface area contributed by atoms with Crippen LogP contribution in [0.15, 0.2) is 0 Å². The smallest absolute Gasteiger partial charge is 0.0564 e. The maximum atomic E-state index is 9.50. The predicted octanol–water partition coefficient (Wildman–Crippen LogP) is 1.35. The number of aliphatic hydroxyl groups is 1. The fourth-order valence-corrected chi connectivity index (χ4v) is 3.28. The molecule has 0 aromatic rings. The summed E-state index contributed by atoms with van der Waals surface area (Å²) >= 11 is 0. The van der Waals surface area contributed by atoms with E-state index in [1.54, 1.807) is 0 Å². The van der Waals surface area contributed by atoms with Crippen LogP contribution in [0.4, 0.5) is 0 Å². The number of nitrogens with two attached hydrogens (primary N) is 1. The van der Waals surface area contributed by atoms with Crippen molar-refractivity contribution in [2.24, 2.45) is 11.1 Å². The first-order chi connectivity index (χ1) is 7.74. The highest BCUT2D eigenvalue weighted by Crippen LogP contribution is 2.36. The van der Waals surface area contributed by atoms with Crippen molar-refractivity contribution in [3.8, 4) is 0 Å². The van der Waals surface area contributed by atoms with Crippen LogP contribution in [0.25, 0.3) is 0 Å². The normalized spacial score (nSPS) is 28.1. The van der Waals surface area contributed by atoms with Gasteiger partial charge in [-0.15, -0.1) is 0 Å². The van der Waals surface area contributed by atoms with Gasteiger partial charge >= 0.3 is 0 Å². The molecule has 2 fully saturated rings. The van der Waals surface area contributed by atoms with Crippen molar-refractivity contribution in [3.63, 3.8) is 0 Å². The quantitative estimate of drug-likeness (QED) is 0.764. The van der Waals surface area contributed by atoms with Gasteiger partial charge in [0, 0.05) is 19.6 Å². The Morgan fingerprint density at radius 2 is 1.75 bits per heavy atom. The number of piperidine rings is 1. The van der Waals surface area contributed by atoms with E-state index in [0.29, 0.717) is 5.41 Å². The molecular weight excluding hydrogens is 200 g/mol. The van der Waals surface area contributed by atoms with Gasteiger partial charge in [0.1, 0.15) is 0 Å². The van der Waals surface area contributed by atoms with Gasteiger partial charge in [-0.3, -0.25) is 0 Å². The number of aliphatic hydroxyl groups excluding tert-OH is 1. The number of hydrogen-bond donors (Lipinski definition) is 2. The first kappa shape index (κ1) is 12.3. The molecule has 2 aliphatic rings. The maximum absolute atomic E-state index is 9.50. The molecule has 0 amide bonds. The summed E-state index contributed by atoms with van der Waals surface area (Å²) in [6.45, 7) is 4.12. The summed E-state index contributed by atoms with van der Waals surface area (Å²) in [5.41, 5.74) is 6.40. The van der Waals surface area contributed by atoms with E-state index in [-0.39, 0.29) is 6.10 Å². The Balaban J connectivity index is 1.86. The number of rotatable bonds is 3. The van der Waals surface area contributed by atoms with E-state index in [9.17, 15) is 5.11 Å². The lowest BCUT2D eigenvalue weighted by Gasteiger charge is -2.42. The van der Waals surface area contributed by atoms with Crippen molar-refractivity contribution in [1.29, 1.82) is 0 Å². The van der Waals surface area contributed by atoms with Crippen LogP contribution in [0.3, 0.4) is 0 Å². The van der Waals surface area contributed by atoms with Crippen LogP contribution in [0.5, 0.6) is 0 Å². The predicted molar refractivity (Wildman–Crippen MR) is 66.3 cm³/mol. The summed E-state index contributed by atoms with van der Waals surface area (Å²) in [5.74, 6) is 0. The zero-order valence-corrected chi connectivity index (χ0v) is 10.3. The molecule has 0 unspecified atom stereocenters. The molecular formula is C13H26N2O. The Labute approximate surface area is 99.0 Å². The number of nitrogens with zero attached hydrogens (tertiary/aromatic N) is 1. The van der Waals surface area contributed by atoms with Crippen molar-refractivity contribution < 1.29 is 5.11 Å². The van der Waals surface area contributed by atoms with E-state index in [0.717, 1.165) is 39.0 Å². The topological polar surface area (TPSA) is 49.5 Å². The van der Waals surface area contributed by atoms with Crippen molar-refractivity contribution in [1.82, 2.24) is 4.90 Å². The summed E-state index contributed by atoms with van der Waals surface area (Å²) in [4.78, 5) is 2.52. The summed E-state index contributed by atoms with van der Waals surface area (Å²) < 4.78 is 0. The maximum Gasteiger partial charge on any atom is 0.0564 e. The Hall–Kier alpha value is -0.120. The molecule has 1 saturated heterocycles. The van der Waals surface area contributed by atoms with Gasteiger partial charge in [0.15, 0.2) is 0 Å². The van der Waals surface area contributed by atoms with Crippen LogP contribution < -0.4 is 5.73 Å². The Bertz CT molecular complexity index is 206. The molecule has 0 bridgehead atoms. The van der Waals surface area contributed by atoms with E-state index in [1.165, 1.54) is 32.1 Å². The van der Waals surface area contributed by atoms with Gasteiger partial charge in [0.2, 0.25) is 0 Å². The van der Waals surface area contributed by atoms with Crippen LogP contribution >= 0.6 is 0 Å². The van der Waals surface area contributed by atoms with E-state index in [4.69, 9.17) is 5.73 Å². The highest BCUT2D eigenvalue weighted by molar-refractivity contribution is 4.88. The molecule has 0 radical (unpaired) electrons. The Morgan fingerprint density at radius 3 is 2.31 bits per heavy atom. The van der Waals surface area contributed by atoms with Gasteiger partial charge in [0.25, 0.3) is 0 Å². The molecule has 0 aromatic heterocycles. The van der Waals surface area contributed by atoms with Crippen molar-refractivity contribution in [2.45, 2.75) is 51.0 Å². The van der Waals surface area contributed by atoms with Crippen LogP contribution in [-0.4, -0.2) is 42.3 Å². The van der Waals surface area contributed by atoms with E-state index >= 15 is 0 Å². The van der Waals surface area contributed by atoms with E-state index in [1.807, 2.05) is 0 Å². The van der Waals surface area contributed by atoms with Gasteiger partial charge < -0.3 is 15.7 Å². The van der Waals surface area contributed by atoms with Crippen LogP contribution in [0.2, 0.25) is 0 Å². The van der Waals surface area contributed by atoms with Gasteiger partial charge in [-0.05, 0) is 37.6 Å². The third-order valence-corrected chi connectivity index (χ3v) is 4.46. The van der Waals surface area contributed by atoms with Gasteiger partial charge in [-0.2, -0.15) is 0 Å². The minimum absolute atomic E-state index is 0.0589. The molecule has 3 nitrogen and oxygen atoms in total. The fraction of sp³-hybridized carbons (Fsp3) is 1.00. The first-order valence-corrected chi connectivity index (χ1v) is 6.85. The average Bonchev–Trinajstić information content (AvgIpc) is 2.33. The Morgan fingerprint density at radius 1 is 1.12 bits per heavy atom. The monoisotopic (exact) mass is 226 g/mol. The molecule has 94 valence electrons. The standard InChI is InChI=1S/C13H26N2O/c14-10-13(6-2-1-3-7-13)11-15-8-4-12(16)5-9-15/h12,16H,1-11,14H2. The molecule has 0 aromatic carbocycles. The third-order valence-electron chi connectivity index (χ3n) is 4.46. The van der Waals surface area contributed by atoms with Gasteiger partial charge in [-0.1, -0.05) is 19.3 Å². The molecule has 0 atom stereocenters. The molecule has 3 N–H and O–H groups in total. The lowest BCUT2D eigenvalue weighted by molar-refractivity contribution is 0.0459. The van der Waals surface area contributed by atoms with E-state index in [2.05, 4.69) is 4.90 Å². The average molecular weight is 226 g/mol. The van der Waals surface area contributed by atoms with Crippen LogP contribution in [0, 0.1) is 5.41 Å². The fourth-order valence-electron chi connectivity index (χ4n) is 3.28. The first-order valence-electron chi connectivity index (χ1n) is 6.85. The minimum atomic E-state index is -0.0589. The van der Waals surface area contributed by atoms with Crippen LogP contribution in [-0.2, 0) is 0 Å². The highest BCUT2D eigenvalue weighted by atomic mass is 16.3. The lowest BCUT2D eigenvalue weighted by Crippen LogP contribution is -2.47. The second-order valence-corrected chi connectivity index (χ2v) is 5.77. The number of hydrogen-bond acceptors (Lipinski definition) is 3. The molecule has 1 aliphatic carbocycles. The molecule has 1 heterocycles.